The number of hydrogen-bond acceptors (Lipinski definition) is 3. The van der Waals surface area contributed by atoms with Gasteiger partial charge in [0.05, 0.1) is 5.69 Å². The van der Waals surface area contributed by atoms with E-state index < -0.39 is 10.0 Å². The first-order valence-corrected chi connectivity index (χ1v) is 7.10. The van der Waals surface area contributed by atoms with Gasteiger partial charge in [-0.15, -0.1) is 0 Å². The molecule has 0 aliphatic carbocycles. The molecule has 1 heterocycles. The number of aromatic nitrogens is 1. The molecule has 19 heavy (non-hydrogen) atoms. The molecule has 0 aliphatic rings. The Hall–Kier alpha value is -2.08. The van der Waals surface area contributed by atoms with Crippen molar-refractivity contribution in [3.63, 3.8) is 0 Å². The standard InChI is InChI=1S/C13H14N2O3S/c1-10-5-3-4-6-12(10)15(2)19(17,18)11-7-8-13(16)14-9-11/h3-9H,1-2H3,(H,14,16). The van der Waals surface area contributed by atoms with Crippen LogP contribution < -0.4 is 9.86 Å². The molecule has 0 atom stereocenters. The number of benzene rings is 1. The maximum Gasteiger partial charge on any atom is 0.265 e. The van der Waals surface area contributed by atoms with Crippen LogP contribution in [-0.4, -0.2) is 20.4 Å². The van der Waals surface area contributed by atoms with Crippen molar-refractivity contribution in [2.75, 3.05) is 11.4 Å². The Bertz CT molecular complexity index is 730. The number of hydrogen-bond donors (Lipinski definition) is 1. The molecule has 0 bridgehead atoms. The maximum absolute atomic E-state index is 12.4. The Kier molecular flexibility index (Phi) is 3.44. The molecule has 0 saturated heterocycles. The van der Waals surface area contributed by atoms with Crippen LogP contribution in [0, 0.1) is 6.92 Å². The quantitative estimate of drug-likeness (QED) is 0.925. The molecule has 2 aromatic rings. The van der Waals surface area contributed by atoms with E-state index in [4.69, 9.17) is 0 Å². The Labute approximate surface area is 111 Å². The fourth-order valence-corrected chi connectivity index (χ4v) is 2.99. The lowest BCUT2D eigenvalue weighted by atomic mass is 10.2. The zero-order valence-corrected chi connectivity index (χ0v) is 11.4. The minimum atomic E-state index is -3.67. The number of rotatable bonds is 3. The summed E-state index contributed by atoms with van der Waals surface area (Å²) in [6.07, 6.45) is 1.20. The van der Waals surface area contributed by atoms with Gasteiger partial charge in [-0.1, -0.05) is 18.2 Å². The van der Waals surface area contributed by atoms with Gasteiger partial charge in [0.2, 0.25) is 5.56 Å². The summed E-state index contributed by atoms with van der Waals surface area (Å²) in [6.45, 7) is 1.84. The summed E-state index contributed by atoms with van der Waals surface area (Å²) in [5, 5.41) is 0. The fourth-order valence-electron chi connectivity index (χ4n) is 1.76. The number of aryl methyl sites for hydroxylation is 1. The van der Waals surface area contributed by atoms with Gasteiger partial charge in [-0.05, 0) is 24.6 Å². The van der Waals surface area contributed by atoms with Crippen LogP contribution in [0.4, 0.5) is 5.69 Å². The molecule has 0 amide bonds. The third kappa shape index (κ3) is 2.53. The first-order chi connectivity index (χ1) is 8.93. The first kappa shape index (κ1) is 13.4. The van der Waals surface area contributed by atoms with Crippen LogP contribution in [-0.2, 0) is 10.0 Å². The molecule has 0 aliphatic heterocycles. The maximum atomic E-state index is 12.4. The van der Waals surface area contributed by atoms with Crippen LogP contribution in [0.1, 0.15) is 5.56 Å². The fraction of sp³-hybridized carbons (Fsp3) is 0.154. The zero-order chi connectivity index (χ0) is 14.0. The molecule has 0 fully saturated rings. The van der Waals surface area contributed by atoms with Crippen LogP contribution in [0.25, 0.3) is 0 Å². The molecule has 0 saturated carbocycles. The Morgan fingerprint density at radius 1 is 1.11 bits per heavy atom. The van der Waals surface area contributed by atoms with Crippen molar-refractivity contribution in [3.05, 3.63) is 58.5 Å². The van der Waals surface area contributed by atoms with Gasteiger partial charge in [-0.2, -0.15) is 0 Å². The average Bonchev–Trinajstić information content (AvgIpc) is 2.39. The third-order valence-electron chi connectivity index (χ3n) is 2.87. The summed E-state index contributed by atoms with van der Waals surface area (Å²) in [6, 6.07) is 9.69. The molecule has 0 spiro atoms. The van der Waals surface area contributed by atoms with Crippen molar-refractivity contribution in [2.24, 2.45) is 0 Å². The molecule has 1 N–H and O–H groups in total. The van der Waals surface area contributed by atoms with Gasteiger partial charge in [-0.3, -0.25) is 9.10 Å². The molecular weight excluding hydrogens is 264 g/mol. The summed E-state index contributed by atoms with van der Waals surface area (Å²) in [5.74, 6) is 0. The minimum absolute atomic E-state index is 0.0536. The monoisotopic (exact) mass is 278 g/mol. The molecule has 2 rings (SSSR count). The van der Waals surface area contributed by atoms with Gasteiger partial charge in [0.1, 0.15) is 4.90 Å². The number of sulfonamides is 1. The Morgan fingerprint density at radius 3 is 2.37 bits per heavy atom. The van der Waals surface area contributed by atoms with E-state index in [1.165, 1.54) is 29.7 Å². The molecule has 100 valence electrons. The second kappa shape index (κ2) is 4.89. The van der Waals surface area contributed by atoms with E-state index >= 15 is 0 Å². The van der Waals surface area contributed by atoms with Crippen LogP contribution >= 0.6 is 0 Å². The van der Waals surface area contributed by atoms with Crippen molar-refractivity contribution in [2.45, 2.75) is 11.8 Å². The number of para-hydroxylation sites is 1. The van der Waals surface area contributed by atoms with E-state index in [1.807, 2.05) is 19.1 Å². The van der Waals surface area contributed by atoms with Crippen molar-refractivity contribution >= 4 is 15.7 Å². The highest BCUT2D eigenvalue weighted by molar-refractivity contribution is 7.92. The van der Waals surface area contributed by atoms with Gasteiger partial charge in [-0.25, -0.2) is 8.42 Å². The SMILES string of the molecule is Cc1ccccc1N(C)S(=O)(=O)c1ccc(=O)[nH]c1. The summed E-state index contributed by atoms with van der Waals surface area (Å²) in [5.41, 5.74) is 1.13. The number of nitrogens with zero attached hydrogens (tertiary/aromatic N) is 1. The van der Waals surface area contributed by atoms with E-state index in [-0.39, 0.29) is 10.5 Å². The van der Waals surface area contributed by atoms with E-state index in [0.29, 0.717) is 5.69 Å². The predicted octanol–water partition coefficient (Wildman–Crippen LogP) is 1.51. The van der Waals surface area contributed by atoms with Crippen molar-refractivity contribution < 1.29 is 8.42 Å². The normalized spacial score (nSPS) is 11.3. The van der Waals surface area contributed by atoms with Crippen molar-refractivity contribution in [3.8, 4) is 0 Å². The Morgan fingerprint density at radius 2 is 1.79 bits per heavy atom. The van der Waals surface area contributed by atoms with Gasteiger partial charge in [0.25, 0.3) is 10.0 Å². The number of aromatic amines is 1. The highest BCUT2D eigenvalue weighted by Crippen LogP contribution is 2.24. The van der Waals surface area contributed by atoms with Crippen LogP contribution in [0.5, 0.6) is 0 Å². The van der Waals surface area contributed by atoms with Crippen molar-refractivity contribution in [1.29, 1.82) is 0 Å². The van der Waals surface area contributed by atoms with Crippen molar-refractivity contribution in [1.82, 2.24) is 4.98 Å². The second-order valence-electron chi connectivity index (χ2n) is 4.15. The molecule has 1 aromatic heterocycles. The van der Waals surface area contributed by atoms with Crippen LogP contribution in [0.15, 0.2) is 52.3 Å². The van der Waals surface area contributed by atoms with Crippen LogP contribution in [0.2, 0.25) is 0 Å². The number of H-pyrrole nitrogens is 1. The lowest BCUT2D eigenvalue weighted by Crippen LogP contribution is -2.27. The lowest BCUT2D eigenvalue weighted by molar-refractivity contribution is 0.594. The molecule has 6 heteroatoms. The highest BCUT2D eigenvalue weighted by atomic mass is 32.2. The lowest BCUT2D eigenvalue weighted by Gasteiger charge is -2.21. The van der Waals surface area contributed by atoms with Gasteiger partial charge in [0.15, 0.2) is 0 Å². The van der Waals surface area contributed by atoms with E-state index in [0.717, 1.165) is 5.56 Å². The summed E-state index contributed by atoms with van der Waals surface area (Å²) < 4.78 is 26.0. The minimum Gasteiger partial charge on any atom is -0.328 e. The van der Waals surface area contributed by atoms with Gasteiger partial charge >= 0.3 is 0 Å². The molecule has 5 nitrogen and oxygen atoms in total. The van der Waals surface area contributed by atoms with E-state index in [2.05, 4.69) is 4.98 Å². The number of pyridine rings is 1. The first-order valence-electron chi connectivity index (χ1n) is 5.66. The molecular formula is C13H14N2O3S. The topological polar surface area (TPSA) is 70.2 Å². The highest BCUT2D eigenvalue weighted by Gasteiger charge is 2.22. The van der Waals surface area contributed by atoms with Gasteiger partial charge in [0, 0.05) is 19.3 Å². The average molecular weight is 278 g/mol. The summed E-state index contributed by atoms with van der Waals surface area (Å²) >= 11 is 0. The molecule has 1 aromatic carbocycles. The van der Waals surface area contributed by atoms with Gasteiger partial charge < -0.3 is 4.98 Å². The van der Waals surface area contributed by atoms with E-state index in [9.17, 15) is 13.2 Å². The number of nitrogens with one attached hydrogen (secondary N) is 1. The second-order valence-corrected chi connectivity index (χ2v) is 6.12. The smallest absolute Gasteiger partial charge is 0.265 e. The Balaban J connectivity index is 2.48. The molecule has 0 unspecified atom stereocenters. The largest absolute Gasteiger partial charge is 0.328 e. The third-order valence-corrected chi connectivity index (χ3v) is 4.64. The summed E-state index contributed by atoms with van der Waals surface area (Å²) in [4.78, 5) is 13.4. The zero-order valence-electron chi connectivity index (χ0n) is 10.6. The summed E-state index contributed by atoms with van der Waals surface area (Å²) in [7, 11) is -2.18. The predicted molar refractivity (Wildman–Crippen MR) is 73.8 cm³/mol. The van der Waals surface area contributed by atoms with Crippen LogP contribution in [0.3, 0.4) is 0 Å². The molecule has 0 radical (unpaired) electrons. The van der Waals surface area contributed by atoms with E-state index in [1.54, 1.807) is 12.1 Å². The number of anilines is 1.